The zero-order chi connectivity index (χ0) is 15.4. The van der Waals surface area contributed by atoms with Crippen molar-refractivity contribution in [1.82, 2.24) is 9.47 Å². The van der Waals surface area contributed by atoms with Crippen LogP contribution in [0, 0.1) is 0 Å². The molecule has 0 atom stereocenters. The average molecular weight is 290 g/mol. The third-order valence-corrected chi connectivity index (χ3v) is 3.76. The summed E-state index contributed by atoms with van der Waals surface area (Å²) in [5.41, 5.74) is 2.35. The van der Waals surface area contributed by atoms with Crippen LogP contribution in [0.3, 0.4) is 0 Å². The van der Waals surface area contributed by atoms with Gasteiger partial charge in [0.1, 0.15) is 5.75 Å². The fraction of sp³-hybridized carbons (Fsp3) is 0.438. The summed E-state index contributed by atoms with van der Waals surface area (Å²) < 4.78 is 7.39. The highest BCUT2D eigenvalue weighted by Crippen LogP contribution is 2.26. The van der Waals surface area contributed by atoms with Crippen molar-refractivity contribution in [2.45, 2.75) is 19.9 Å². The second-order valence-corrected chi connectivity index (χ2v) is 5.16. The molecule has 0 bridgehead atoms. The first kappa shape index (κ1) is 15.4. The highest BCUT2D eigenvalue weighted by Gasteiger charge is 2.12. The highest BCUT2D eigenvalue weighted by molar-refractivity contribution is 5.85. The van der Waals surface area contributed by atoms with E-state index in [1.807, 2.05) is 32.2 Å². The lowest BCUT2D eigenvalue weighted by Gasteiger charge is -2.19. The van der Waals surface area contributed by atoms with Gasteiger partial charge < -0.3 is 14.4 Å². The summed E-state index contributed by atoms with van der Waals surface area (Å²) in [6.07, 6.45) is 2.27. The molecule has 0 spiro atoms. The molecule has 1 heterocycles. The van der Waals surface area contributed by atoms with Crippen LogP contribution in [0.5, 0.6) is 5.75 Å². The van der Waals surface area contributed by atoms with E-state index in [9.17, 15) is 4.79 Å². The average Bonchev–Trinajstić information content (AvgIpc) is 2.79. The zero-order valence-electron chi connectivity index (χ0n) is 12.8. The van der Waals surface area contributed by atoms with Crippen LogP contribution in [-0.2, 0) is 18.4 Å². The monoisotopic (exact) mass is 290 g/mol. The molecule has 0 saturated heterocycles. The van der Waals surface area contributed by atoms with Crippen molar-refractivity contribution < 1.29 is 14.6 Å². The first-order valence-electron chi connectivity index (χ1n) is 7.11. The second kappa shape index (κ2) is 6.63. The maximum Gasteiger partial charge on any atom is 0.304 e. The number of benzene rings is 1. The molecule has 2 aromatic rings. The summed E-state index contributed by atoms with van der Waals surface area (Å²) in [6.45, 7) is 4.18. The molecule has 0 radical (unpaired) electrons. The Balaban J connectivity index is 2.25. The Morgan fingerprint density at radius 2 is 2.19 bits per heavy atom. The van der Waals surface area contributed by atoms with Crippen molar-refractivity contribution in [1.29, 1.82) is 0 Å². The van der Waals surface area contributed by atoms with E-state index >= 15 is 0 Å². The van der Waals surface area contributed by atoms with Gasteiger partial charge in [0.2, 0.25) is 0 Å². The van der Waals surface area contributed by atoms with Crippen LogP contribution in [0.25, 0.3) is 10.9 Å². The molecular weight excluding hydrogens is 268 g/mol. The fourth-order valence-electron chi connectivity index (χ4n) is 2.55. The van der Waals surface area contributed by atoms with Crippen LogP contribution < -0.4 is 4.74 Å². The topological polar surface area (TPSA) is 54.7 Å². The van der Waals surface area contributed by atoms with Crippen molar-refractivity contribution in [3.63, 3.8) is 0 Å². The van der Waals surface area contributed by atoms with E-state index in [-0.39, 0.29) is 6.42 Å². The van der Waals surface area contributed by atoms with Crippen molar-refractivity contribution in [3.05, 3.63) is 30.0 Å². The Kier molecular flexibility index (Phi) is 4.85. The van der Waals surface area contributed by atoms with Gasteiger partial charge in [-0.2, -0.15) is 0 Å². The molecular formula is C16H22N2O3. The molecule has 0 aliphatic rings. The van der Waals surface area contributed by atoms with Crippen LogP contribution in [-0.4, -0.2) is 40.7 Å². The third kappa shape index (κ3) is 3.55. The number of rotatable bonds is 7. The predicted molar refractivity (Wildman–Crippen MR) is 82.7 cm³/mol. The van der Waals surface area contributed by atoms with Gasteiger partial charge in [-0.25, -0.2) is 0 Å². The summed E-state index contributed by atoms with van der Waals surface area (Å²) in [4.78, 5) is 12.9. The number of carbonyl (C=O) groups is 1. The second-order valence-electron chi connectivity index (χ2n) is 5.16. The van der Waals surface area contributed by atoms with Gasteiger partial charge in [-0.3, -0.25) is 9.69 Å². The number of fused-ring (bicyclic) bond motifs is 1. The van der Waals surface area contributed by atoms with Gasteiger partial charge in [0.15, 0.2) is 0 Å². The quantitative estimate of drug-likeness (QED) is 0.851. The lowest BCUT2D eigenvalue weighted by Crippen LogP contribution is -2.25. The van der Waals surface area contributed by atoms with Gasteiger partial charge in [0.05, 0.1) is 13.5 Å². The molecule has 1 N–H and O–H groups in total. The standard InChI is InChI=1S/C16H22N2O3/c1-4-18(8-7-16(19)20)11-12-10-17(2)15-6-5-13(21-3)9-14(12)15/h5-6,9-10H,4,7-8,11H2,1-3H3,(H,19,20). The summed E-state index contributed by atoms with van der Waals surface area (Å²) in [7, 11) is 3.68. The molecule has 0 amide bonds. The van der Waals surface area contributed by atoms with Crippen molar-refractivity contribution in [2.75, 3.05) is 20.2 Å². The number of carboxylic acid groups (broad SMARTS) is 1. The minimum Gasteiger partial charge on any atom is -0.497 e. The van der Waals surface area contributed by atoms with Crippen LogP contribution in [0.2, 0.25) is 0 Å². The molecule has 21 heavy (non-hydrogen) atoms. The molecule has 5 nitrogen and oxygen atoms in total. The maximum atomic E-state index is 10.7. The molecule has 0 aliphatic heterocycles. The number of ether oxygens (including phenoxy) is 1. The Labute approximate surface area is 124 Å². The van der Waals surface area contributed by atoms with E-state index in [0.29, 0.717) is 6.54 Å². The van der Waals surface area contributed by atoms with E-state index < -0.39 is 5.97 Å². The zero-order valence-corrected chi connectivity index (χ0v) is 12.8. The molecule has 0 fully saturated rings. The van der Waals surface area contributed by atoms with Gasteiger partial charge in [0.25, 0.3) is 0 Å². The van der Waals surface area contributed by atoms with Gasteiger partial charge in [-0.15, -0.1) is 0 Å². The number of hydrogen-bond acceptors (Lipinski definition) is 3. The van der Waals surface area contributed by atoms with Gasteiger partial charge in [-0.05, 0) is 30.3 Å². The van der Waals surface area contributed by atoms with Crippen molar-refractivity contribution >= 4 is 16.9 Å². The molecule has 0 saturated carbocycles. The minimum atomic E-state index is -0.756. The maximum absolute atomic E-state index is 10.7. The van der Waals surface area contributed by atoms with E-state index in [2.05, 4.69) is 15.7 Å². The largest absolute Gasteiger partial charge is 0.497 e. The summed E-state index contributed by atoms with van der Waals surface area (Å²) >= 11 is 0. The summed E-state index contributed by atoms with van der Waals surface area (Å²) in [5.74, 6) is 0.0802. The normalized spacial score (nSPS) is 11.2. The Bertz CT molecular complexity index is 634. The SMILES string of the molecule is CCN(CCC(=O)O)Cc1cn(C)c2ccc(OC)cc12. The smallest absolute Gasteiger partial charge is 0.304 e. The number of nitrogens with zero attached hydrogens (tertiary/aromatic N) is 2. The van der Waals surface area contributed by atoms with E-state index in [4.69, 9.17) is 9.84 Å². The molecule has 0 aliphatic carbocycles. The van der Waals surface area contributed by atoms with Crippen LogP contribution in [0.15, 0.2) is 24.4 Å². The van der Waals surface area contributed by atoms with Crippen molar-refractivity contribution in [3.8, 4) is 5.75 Å². The molecule has 1 aromatic heterocycles. The molecule has 114 valence electrons. The van der Waals surface area contributed by atoms with Gasteiger partial charge in [0, 0.05) is 37.2 Å². The number of methoxy groups -OCH3 is 1. The van der Waals surface area contributed by atoms with E-state index in [1.54, 1.807) is 7.11 Å². The molecule has 0 unspecified atom stereocenters. The minimum absolute atomic E-state index is 0.169. The molecule has 2 rings (SSSR count). The summed E-state index contributed by atoms with van der Waals surface area (Å²) in [6, 6.07) is 6.04. The summed E-state index contributed by atoms with van der Waals surface area (Å²) in [5, 5.41) is 9.98. The predicted octanol–water partition coefficient (Wildman–Crippen LogP) is 2.48. The third-order valence-electron chi connectivity index (χ3n) is 3.76. The van der Waals surface area contributed by atoms with Crippen molar-refractivity contribution in [2.24, 2.45) is 7.05 Å². The van der Waals surface area contributed by atoms with Gasteiger partial charge >= 0.3 is 5.97 Å². The van der Waals surface area contributed by atoms with Gasteiger partial charge in [-0.1, -0.05) is 6.92 Å². The highest BCUT2D eigenvalue weighted by atomic mass is 16.5. The number of hydrogen-bond donors (Lipinski definition) is 1. The lowest BCUT2D eigenvalue weighted by molar-refractivity contribution is -0.137. The van der Waals surface area contributed by atoms with E-state index in [0.717, 1.165) is 29.7 Å². The van der Waals surface area contributed by atoms with Crippen LogP contribution >= 0.6 is 0 Å². The van der Waals surface area contributed by atoms with Crippen LogP contribution in [0.1, 0.15) is 18.9 Å². The van der Waals surface area contributed by atoms with E-state index in [1.165, 1.54) is 5.56 Å². The Morgan fingerprint density at radius 3 is 2.81 bits per heavy atom. The van der Waals surface area contributed by atoms with Crippen LogP contribution in [0.4, 0.5) is 0 Å². The Morgan fingerprint density at radius 1 is 1.43 bits per heavy atom. The Hall–Kier alpha value is -2.01. The lowest BCUT2D eigenvalue weighted by atomic mass is 10.1. The fourth-order valence-corrected chi connectivity index (χ4v) is 2.55. The first-order valence-corrected chi connectivity index (χ1v) is 7.11. The molecule has 1 aromatic carbocycles. The number of carboxylic acids is 1. The molecule has 5 heteroatoms. The first-order chi connectivity index (χ1) is 10.0. The number of aryl methyl sites for hydroxylation is 1. The number of aromatic nitrogens is 1. The number of aliphatic carboxylic acids is 1.